The number of nitrogens with zero attached hydrogens (tertiary/aromatic N) is 5. The highest BCUT2D eigenvalue weighted by Crippen LogP contribution is 2.36. The summed E-state index contributed by atoms with van der Waals surface area (Å²) in [6, 6.07) is 4.74. The van der Waals surface area contributed by atoms with E-state index in [2.05, 4.69) is 15.3 Å². The van der Waals surface area contributed by atoms with E-state index in [0.29, 0.717) is 24.6 Å². The molecule has 0 unspecified atom stereocenters. The summed E-state index contributed by atoms with van der Waals surface area (Å²) in [5, 5.41) is 13.3. The van der Waals surface area contributed by atoms with Gasteiger partial charge in [0.1, 0.15) is 11.3 Å². The molecule has 9 nitrogen and oxygen atoms in total. The summed E-state index contributed by atoms with van der Waals surface area (Å²) in [5.41, 5.74) is 0. The van der Waals surface area contributed by atoms with Crippen LogP contribution in [0, 0.1) is 0 Å². The van der Waals surface area contributed by atoms with Crippen molar-refractivity contribution in [2.24, 2.45) is 0 Å². The smallest absolute Gasteiger partial charge is 0.243 e. The first-order chi connectivity index (χ1) is 12.6. The van der Waals surface area contributed by atoms with E-state index < -0.39 is 10.0 Å². The first-order valence-electron chi connectivity index (χ1n) is 8.18. The van der Waals surface area contributed by atoms with Crippen molar-refractivity contribution in [1.29, 1.82) is 0 Å². The molecule has 1 fully saturated rings. The zero-order valence-corrected chi connectivity index (χ0v) is 15.2. The maximum absolute atomic E-state index is 12.9. The van der Waals surface area contributed by atoms with Gasteiger partial charge in [-0.05, 0) is 25.0 Å². The number of fused-ring (bicyclic) bond motifs is 2. The quantitative estimate of drug-likeness (QED) is 0.665. The summed E-state index contributed by atoms with van der Waals surface area (Å²) >= 11 is 1.51. The fraction of sp³-hybridized carbons (Fsp3) is 0.400. The minimum atomic E-state index is -3.55. The molecule has 0 saturated carbocycles. The van der Waals surface area contributed by atoms with Crippen LogP contribution >= 0.6 is 11.3 Å². The summed E-state index contributed by atoms with van der Waals surface area (Å²) < 4.78 is 39.6. The Kier molecular flexibility index (Phi) is 3.62. The van der Waals surface area contributed by atoms with Crippen LogP contribution in [-0.4, -0.2) is 52.4 Å². The Morgan fingerprint density at radius 2 is 1.96 bits per heavy atom. The lowest BCUT2D eigenvalue weighted by atomic mass is 9.99. The lowest BCUT2D eigenvalue weighted by Crippen LogP contribution is -2.37. The van der Waals surface area contributed by atoms with Gasteiger partial charge in [-0.1, -0.05) is 11.3 Å². The van der Waals surface area contributed by atoms with Gasteiger partial charge in [0.25, 0.3) is 0 Å². The van der Waals surface area contributed by atoms with Gasteiger partial charge in [-0.15, -0.1) is 10.2 Å². The highest BCUT2D eigenvalue weighted by Gasteiger charge is 2.32. The van der Waals surface area contributed by atoms with Crippen molar-refractivity contribution in [3.05, 3.63) is 29.5 Å². The van der Waals surface area contributed by atoms with Crippen LogP contribution < -0.4 is 9.47 Å². The van der Waals surface area contributed by atoms with E-state index in [0.717, 1.165) is 22.8 Å². The second kappa shape index (κ2) is 5.89. The largest absolute Gasteiger partial charge is 0.454 e. The van der Waals surface area contributed by atoms with Gasteiger partial charge in [0.2, 0.25) is 21.8 Å². The molecule has 0 atom stereocenters. The molecule has 0 amide bonds. The van der Waals surface area contributed by atoms with Gasteiger partial charge in [0, 0.05) is 25.1 Å². The number of rotatable bonds is 3. The van der Waals surface area contributed by atoms with Crippen LogP contribution in [0.3, 0.4) is 0 Å². The molecule has 26 heavy (non-hydrogen) atoms. The molecule has 0 aliphatic carbocycles. The Labute approximate surface area is 153 Å². The number of benzene rings is 1. The number of hydrogen-bond donors (Lipinski definition) is 0. The number of aromatic nitrogens is 4. The van der Waals surface area contributed by atoms with Gasteiger partial charge >= 0.3 is 0 Å². The molecule has 0 radical (unpaired) electrons. The van der Waals surface area contributed by atoms with Crippen molar-refractivity contribution in [2.45, 2.75) is 23.7 Å². The molecule has 1 aromatic carbocycles. The van der Waals surface area contributed by atoms with Gasteiger partial charge in [-0.25, -0.2) is 8.42 Å². The Hall–Kier alpha value is -2.24. The molecule has 0 spiro atoms. The van der Waals surface area contributed by atoms with E-state index >= 15 is 0 Å². The molecule has 2 aliphatic heterocycles. The van der Waals surface area contributed by atoms with Crippen molar-refractivity contribution in [3.8, 4) is 11.5 Å². The SMILES string of the molecule is O=S(=O)(c1ccc2c(c1)OCO2)N1CCC(c2nn3cnnc3s2)CC1. The van der Waals surface area contributed by atoms with E-state index in [-0.39, 0.29) is 17.6 Å². The van der Waals surface area contributed by atoms with E-state index in [1.807, 2.05) is 0 Å². The second-order valence-electron chi connectivity index (χ2n) is 6.19. The van der Waals surface area contributed by atoms with Gasteiger partial charge in [0.15, 0.2) is 11.5 Å². The zero-order valence-electron chi connectivity index (χ0n) is 13.6. The highest BCUT2D eigenvalue weighted by atomic mass is 32.2. The summed E-state index contributed by atoms with van der Waals surface area (Å²) in [6.45, 7) is 1.04. The van der Waals surface area contributed by atoms with Gasteiger partial charge in [-0.3, -0.25) is 0 Å². The van der Waals surface area contributed by atoms with Crippen molar-refractivity contribution >= 4 is 26.3 Å². The van der Waals surface area contributed by atoms with Crippen LogP contribution in [0.1, 0.15) is 23.8 Å². The van der Waals surface area contributed by atoms with Crippen molar-refractivity contribution in [2.75, 3.05) is 19.9 Å². The zero-order chi connectivity index (χ0) is 17.7. The standard InChI is InChI=1S/C15H15N5O4S2/c21-26(22,11-1-2-12-13(7-11)24-9-23-12)19-5-3-10(4-6-19)14-18-20-8-16-17-15(20)25-14/h1-2,7-8,10H,3-6,9H2. The molecule has 1 saturated heterocycles. The van der Waals surface area contributed by atoms with Crippen molar-refractivity contribution < 1.29 is 17.9 Å². The third-order valence-corrected chi connectivity index (χ3v) is 7.66. The van der Waals surface area contributed by atoms with Crippen LogP contribution in [0.5, 0.6) is 11.5 Å². The molecule has 2 aliphatic rings. The predicted molar refractivity (Wildman–Crippen MR) is 92.0 cm³/mol. The van der Waals surface area contributed by atoms with E-state index in [1.165, 1.54) is 21.7 Å². The topological polar surface area (TPSA) is 98.9 Å². The van der Waals surface area contributed by atoms with Crippen LogP contribution in [-0.2, 0) is 10.0 Å². The highest BCUT2D eigenvalue weighted by molar-refractivity contribution is 7.89. The average molecular weight is 393 g/mol. The van der Waals surface area contributed by atoms with Crippen molar-refractivity contribution in [3.63, 3.8) is 0 Å². The number of sulfonamides is 1. The molecule has 5 rings (SSSR count). The molecule has 2 aromatic heterocycles. The normalized spacial score (nSPS) is 18.6. The molecule has 11 heteroatoms. The molecule has 4 heterocycles. The summed E-state index contributed by atoms with van der Waals surface area (Å²) in [5.74, 6) is 1.29. The third kappa shape index (κ3) is 2.54. The second-order valence-corrected chi connectivity index (χ2v) is 9.12. The minimum absolute atomic E-state index is 0.122. The fourth-order valence-corrected chi connectivity index (χ4v) is 5.74. The molecular formula is C15H15N5O4S2. The predicted octanol–water partition coefficient (Wildman–Crippen LogP) is 1.48. The fourth-order valence-electron chi connectivity index (χ4n) is 3.27. The maximum Gasteiger partial charge on any atom is 0.243 e. The molecule has 0 N–H and O–H groups in total. The van der Waals surface area contributed by atoms with E-state index in [4.69, 9.17) is 9.47 Å². The lowest BCUT2D eigenvalue weighted by Gasteiger charge is -2.30. The first-order valence-corrected chi connectivity index (χ1v) is 10.4. The number of ether oxygens (including phenoxy) is 2. The summed E-state index contributed by atoms with van der Waals surface area (Å²) in [4.78, 5) is 0.995. The van der Waals surface area contributed by atoms with E-state index in [1.54, 1.807) is 23.0 Å². The average Bonchev–Trinajstić information content (AvgIpc) is 3.36. The Bertz CT molecular complexity index is 1040. The Balaban J connectivity index is 1.33. The van der Waals surface area contributed by atoms with Gasteiger partial charge < -0.3 is 9.47 Å². The van der Waals surface area contributed by atoms with Crippen LogP contribution in [0.2, 0.25) is 0 Å². The van der Waals surface area contributed by atoms with Crippen LogP contribution in [0.15, 0.2) is 29.4 Å². The Morgan fingerprint density at radius 1 is 1.15 bits per heavy atom. The number of piperidine rings is 1. The first kappa shape index (κ1) is 16.0. The molecule has 0 bridgehead atoms. The van der Waals surface area contributed by atoms with E-state index in [9.17, 15) is 8.42 Å². The molecular weight excluding hydrogens is 378 g/mol. The summed E-state index contributed by atoms with van der Waals surface area (Å²) in [6.07, 6.45) is 3.04. The summed E-state index contributed by atoms with van der Waals surface area (Å²) in [7, 11) is -3.55. The Morgan fingerprint density at radius 3 is 2.77 bits per heavy atom. The maximum atomic E-state index is 12.9. The molecule has 3 aromatic rings. The van der Waals surface area contributed by atoms with Crippen LogP contribution in [0.25, 0.3) is 4.96 Å². The number of hydrogen-bond acceptors (Lipinski definition) is 8. The van der Waals surface area contributed by atoms with Crippen molar-refractivity contribution in [1.82, 2.24) is 24.1 Å². The minimum Gasteiger partial charge on any atom is -0.454 e. The lowest BCUT2D eigenvalue weighted by molar-refractivity contribution is 0.174. The van der Waals surface area contributed by atoms with Gasteiger partial charge in [0.05, 0.1) is 4.90 Å². The molecule has 136 valence electrons. The van der Waals surface area contributed by atoms with Gasteiger partial charge in [-0.2, -0.15) is 13.9 Å². The van der Waals surface area contributed by atoms with Crippen LogP contribution in [0.4, 0.5) is 0 Å². The monoisotopic (exact) mass is 393 g/mol. The third-order valence-electron chi connectivity index (χ3n) is 4.69.